The Hall–Kier alpha value is -0.336. The molecule has 0 radical (unpaired) electrons. The predicted molar refractivity (Wildman–Crippen MR) is 97.4 cm³/mol. The Kier molecular flexibility index (Phi) is 9.58. The van der Waals surface area contributed by atoms with Gasteiger partial charge < -0.3 is 9.43 Å². The first-order valence-electron chi connectivity index (χ1n) is 7.73. The van der Waals surface area contributed by atoms with Crippen molar-refractivity contribution in [3.8, 4) is 0 Å². The Labute approximate surface area is 137 Å². The van der Waals surface area contributed by atoms with Gasteiger partial charge in [0.1, 0.15) is 0 Å². The quantitative estimate of drug-likeness (QED) is 0.254. The van der Waals surface area contributed by atoms with Gasteiger partial charge in [0.15, 0.2) is 22.8 Å². The van der Waals surface area contributed by atoms with Crippen LogP contribution in [0, 0.1) is 0 Å². The summed E-state index contributed by atoms with van der Waals surface area (Å²) in [4.78, 5) is 20.3. The van der Waals surface area contributed by atoms with Gasteiger partial charge in [-0.3, -0.25) is 4.79 Å². The molecule has 0 saturated heterocycles. The van der Waals surface area contributed by atoms with Crippen LogP contribution in [0.5, 0.6) is 0 Å². The summed E-state index contributed by atoms with van der Waals surface area (Å²) in [5, 5.41) is 2.84. The van der Waals surface area contributed by atoms with E-state index in [2.05, 4.69) is 38.1 Å². The Bertz CT molecular complexity index is 414. The molecule has 0 aromatic rings. The van der Waals surface area contributed by atoms with E-state index in [1.807, 2.05) is 0 Å². The first-order chi connectivity index (χ1) is 9.95. The van der Waals surface area contributed by atoms with Gasteiger partial charge in [-0.15, -0.1) is 0 Å². The minimum Gasteiger partial charge on any atom is -0.455 e. The molecule has 2 N–H and O–H groups in total. The molecule has 8 heteroatoms. The molecule has 0 aromatic carbocycles. The molecule has 0 aliphatic carbocycles. The number of nitrogens with one attached hydrogen (secondary N) is 1. The predicted octanol–water partition coefficient (Wildman–Crippen LogP) is 3.62. The zero-order valence-electron chi connectivity index (χ0n) is 14.6. The lowest BCUT2D eigenvalue weighted by Gasteiger charge is -2.34. The topological polar surface area (TPSA) is 75.6 Å². The number of amides is 1. The van der Waals surface area contributed by atoms with Crippen LogP contribution in [-0.2, 0) is 13.5 Å². The third kappa shape index (κ3) is 11.3. The van der Waals surface area contributed by atoms with Crippen LogP contribution in [0.4, 0.5) is 0 Å². The molecule has 5 nitrogen and oxygen atoms in total. The van der Waals surface area contributed by atoms with E-state index in [1.165, 1.54) is 0 Å². The molecular formula is C14H31NO4PSi2+. The fraction of sp³-hybridized carbons (Fsp3) is 0.786. The second kappa shape index (κ2) is 9.72. The molecule has 22 heavy (non-hydrogen) atoms. The molecule has 0 aromatic heterocycles. The van der Waals surface area contributed by atoms with Gasteiger partial charge in [-0.1, -0.05) is 6.58 Å². The third-order valence-corrected chi connectivity index (χ3v) is 11.5. The Balaban J connectivity index is 4.12. The van der Waals surface area contributed by atoms with Crippen molar-refractivity contribution < 1.29 is 18.4 Å². The van der Waals surface area contributed by atoms with Gasteiger partial charge in [-0.05, 0) is 62.6 Å². The van der Waals surface area contributed by atoms with E-state index < -0.39 is 24.7 Å². The molecule has 0 rings (SSSR count). The van der Waals surface area contributed by atoms with Crippen LogP contribution in [-0.4, -0.2) is 40.1 Å². The molecule has 0 heterocycles. The lowest BCUT2D eigenvalue weighted by atomic mass is 10.3. The lowest BCUT2D eigenvalue weighted by molar-refractivity contribution is -0.117. The molecule has 0 bridgehead atoms. The van der Waals surface area contributed by atoms with Crippen LogP contribution in [0.2, 0.25) is 38.3 Å². The highest BCUT2D eigenvalue weighted by Gasteiger charge is 2.32. The van der Waals surface area contributed by atoms with Crippen molar-refractivity contribution in [2.24, 2.45) is 0 Å². The van der Waals surface area contributed by atoms with Gasteiger partial charge in [-0.2, -0.15) is 4.89 Å². The van der Waals surface area contributed by atoms with E-state index >= 15 is 0 Å². The number of hydrogen-bond acceptors (Lipinski definition) is 3. The number of carbonyl (C=O) groups is 1. The van der Waals surface area contributed by atoms with Gasteiger partial charge in [0.05, 0.1) is 0 Å². The summed E-state index contributed by atoms with van der Waals surface area (Å²) in [6.07, 6.45) is 2.03. The second-order valence-corrected chi connectivity index (χ2v) is 16.9. The molecule has 1 atom stereocenters. The fourth-order valence-electron chi connectivity index (χ4n) is 2.36. The SMILES string of the molecule is C=C(C)C(=O)NCCC[Si](C)(C)O[Si](C)(C)CCC[P+](=O)O. The van der Waals surface area contributed by atoms with E-state index in [9.17, 15) is 9.36 Å². The van der Waals surface area contributed by atoms with E-state index in [1.54, 1.807) is 6.92 Å². The highest BCUT2D eigenvalue weighted by atomic mass is 31.1. The van der Waals surface area contributed by atoms with Crippen molar-refractivity contribution in [2.45, 2.75) is 58.0 Å². The first-order valence-corrected chi connectivity index (χ1v) is 15.4. The maximum atomic E-state index is 11.4. The highest BCUT2D eigenvalue weighted by Crippen LogP contribution is 2.25. The molecule has 1 amide bonds. The van der Waals surface area contributed by atoms with E-state index in [0.29, 0.717) is 18.3 Å². The molecule has 0 saturated carbocycles. The van der Waals surface area contributed by atoms with Crippen LogP contribution in [0.25, 0.3) is 0 Å². The first kappa shape index (κ1) is 21.7. The van der Waals surface area contributed by atoms with Crippen molar-refractivity contribution in [3.63, 3.8) is 0 Å². The van der Waals surface area contributed by atoms with Crippen LogP contribution in [0.15, 0.2) is 12.2 Å². The molecule has 1 unspecified atom stereocenters. The van der Waals surface area contributed by atoms with E-state index in [0.717, 1.165) is 24.9 Å². The zero-order valence-corrected chi connectivity index (χ0v) is 17.5. The van der Waals surface area contributed by atoms with E-state index in [4.69, 9.17) is 9.01 Å². The summed E-state index contributed by atoms with van der Waals surface area (Å²) in [5.41, 5.74) is 0.531. The standard InChI is InChI=1S/C14H30NO4PSi2/c1-13(2)14(16)15-9-7-11-21(3,4)19-22(5,6)12-8-10-20(17)18/h1,7-12H2,2-6H3,(H-,15,16,17,18)/p+1. The maximum absolute atomic E-state index is 11.4. The second-order valence-electron chi connectivity index (χ2n) is 6.94. The number of rotatable bonds is 11. The summed E-state index contributed by atoms with van der Waals surface area (Å²) < 4.78 is 17.2. The van der Waals surface area contributed by atoms with Gasteiger partial charge in [-0.25, -0.2) is 0 Å². The van der Waals surface area contributed by atoms with Gasteiger partial charge in [0.25, 0.3) is 0 Å². The minimum absolute atomic E-state index is 0.0896. The minimum atomic E-state index is -2.03. The van der Waals surface area contributed by atoms with Crippen molar-refractivity contribution in [1.29, 1.82) is 0 Å². The Morgan fingerprint density at radius 1 is 1.18 bits per heavy atom. The summed E-state index contributed by atoms with van der Waals surface area (Å²) in [6.45, 7) is 14.7. The smallest absolute Gasteiger partial charge is 0.455 e. The molecule has 128 valence electrons. The van der Waals surface area contributed by atoms with Crippen molar-refractivity contribution in [3.05, 3.63) is 12.2 Å². The monoisotopic (exact) mass is 364 g/mol. The number of hydrogen-bond donors (Lipinski definition) is 2. The van der Waals surface area contributed by atoms with Crippen LogP contribution < -0.4 is 5.32 Å². The summed E-state index contributed by atoms with van der Waals surface area (Å²) in [6, 6.07) is 1.91. The lowest BCUT2D eigenvalue weighted by Crippen LogP contribution is -2.44. The van der Waals surface area contributed by atoms with Crippen LogP contribution in [0.3, 0.4) is 0 Å². The van der Waals surface area contributed by atoms with Crippen LogP contribution >= 0.6 is 8.03 Å². The van der Waals surface area contributed by atoms with Gasteiger partial charge >= 0.3 is 8.03 Å². The van der Waals surface area contributed by atoms with Crippen molar-refractivity contribution in [2.75, 3.05) is 12.7 Å². The Morgan fingerprint density at radius 2 is 1.68 bits per heavy atom. The largest absolute Gasteiger partial charge is 0.505 e. The normalized spacial score (nSPS) is 12.9. The third-order valence-electron chi connectivity index (χ3n) is 3.31. The summed E-state index contributed by atoms with van der Waals surface area (Å²) in [5.74, 6) is -0.0896. The average Bonchev–Trinajstić information content (AvgIpc) is 2.31. The maximum Gasteiger partial charge on any atom is 0.505 e. The van der Waals surface area contributed by atoms with Gasteiger partial charge in [0, 0.05) is 12.1 Å². The fourth-order valence-corrected chi connectivity index (χ4v) is 11.9. The molecule has 0 aliphatic rings. The molecule has 0 spiro atoms. The zero-order chi connectivity index (χ0) is 17.4. The van der Waals surface area contributed by atoms with Crippen molar-refractivity contribution >= 4 is 30.6 Å². The molecule has 0 fully saturated rings. The highest BCUT2D eigenvalue weighted by molar-refractivity contribution is 7.37. The number of carbonyl (C=O) groups excluding carboxylic acids is 1. The average molecular weight is 365 g/mol. The summed E-state index contributed by atoms with van der Waals surface area (Å²) >= 11 is 0. The summed E-state index contributed by atoms with van der Waals surface area (Å²) in [7, 11) is -5.58. The Morgan fingerprint density at radius 3 is 2.14 bits per heavy atom. The van der Waals surface area contributed by atoms with Gasteiger partial charge in [0.2, 0.25) is 5.91 Å². The molecule has 0 aliphatic heterocycles. The van der Waals surface area contributed by atoms with Crippen molar-refractivity contribution in [1.82, 2.24) is 5.32 Å². The van der Waals surface area contributed by atoms with Crippen LogP contribution in [0.1, 0.15) is 19.8 Å². The molecular weight excluding hydrogens is 333 g/mol. The van der Waals surface area contributed by atoms with E-state index in [-0.39, 0.29) is 5.91 Å².